The van der Waals surface area contributed by atoms with Crippen molar-refractivity contribution in [3.8, 4) is 5.75 Å². The maximum atomic E-state index is 13.2. The average Bonchev–Trinajstić information content (AvgIpc) is 2.80. The third-order valence-corrected chi connectivity index (χ3v) is 5.93. The molecule has 0 aliphatic rings. The van der Waals surface area contributed by atoms with Gasteiger partial charge in [-0.2, -0.15) is 0 Å². The lowest BCUT2D eigenvalue weighted by molar-refractivity contribution is -0.133. The van der Waals surface area contributed by atoms with Gasteiger partial charge >= 0.3 is 7.82 Å². The van der Waals surface area contributed by atoms with Crippen LogP contribution in [0.1, 0.15) is 58.4 Å². The minimum Gasteiger partial charge on any atom is -0.404 e. The highest BCUT2D eigenvalue weighted by Crippen LogP contribution is 2.37. The van der Waals surface area contributed by atoms with E-state index in [9.17, 15) is 23.7 Å². The van der Waals surface area contributed by atoms with E-state index in [1.54, 1.807) is 6.92 Å². The number of carbonyl (C=O) groups is 4. The molecule has 202 valence electrons. The zero-order chi connectivity index (χ0) is 27.3. The summed E-state index contributed by atoms with van der Waals surface area (Å²) in [6, 6.07) is 3.72. The Morgan fingerprint density at radius 3 is 2.19 bits per heavy atom. The Morgan fingerprint density at radius 1 is 1.03 bits per heavy atom. The van der Waals surface area contributed by atoms with Crippen LogP contribution in [0.3, 0.4) is 0 Å². The summed E-state index contributed by atoms with van der Waals surface area (Å²) in [5.74, 6) is -2.52. The van der Waals surface area contributed by atoms with E-state index in [2.05, 4.69) is 20.5 Å². The molecule has 13 heteroatoms. The second-order valence-electron chi connectivity index (χ2n) is 8.56. The van der Waals surface area contributed by atoms with Crippen LogP contribution in [-0.2, 0) is 30.2 Å². The molecule has 0 saturated carbocycles. The van der Waals surface area contributed by atoms with Crippen LogP contribution in [0.4, 0.5) is 0 Å². The Bertz CT molecular complexity index is 935. The van der Waals surface area contributed by atoms with Crippen LogP contribution in [0.15, 0.2) is 24.3 Å². The van der Waals surface area contributed by atoms with E-state index >= 15 is 0 Å². The van der Waals surface area contributed by atoms with Gasteiger partial charge in [-0.25, -0.2) is 4.57 Å². The van der Waals surface area contributed by atoms with E-state index in [-0.39, 0.29) is 37.0 Å². The van der Waals surface area contributed by atoms with E-state index in [0.717, 1.165) is 12.8 Å². The van der Waals surface area contributed by atoms with Gasteiger partial charge in [0.15, 0.2) is 0 Å². The lowest BCUT2D eigenvalue weighted by Crippen LogP contribution is -2.56. The standard InChI is InChI=1S/C23H37N4O8P/c1-4-6-7-8-20(29)26-18(13-16-9-11-17(12-10-16)35-36(32,33)34)22(30)27-21(15(3)5-2)23(31)25-14-19(24)28/h9-12,15,18,21H,4-8,13-14H2,1-3H3,(H2,24,28)(H,25,31)(H,26,29)(H,27,30)(H2,32,33,34). The van der Waals surface area contributed by atoms with Gasteiger partial charge in [-0.3, -0.25) is 29.0 Å². The maximum Gasteiger partial charge on any atom is 0.524 e. The third kappa shape index (κ3) is 12.1. The van der Waals surface area contributed by atoms with Crippen molar-refractivity contribution in [3.63, 3.8) is 0 Å². The fourth-order valence-electron chi connectivity index (χ4n) is 3.31. The molecule has 1 aromatic carbocycles. The van der Waals surface area contributed by atoms with Crippen LogP contribution in [-0.4, -0.2) is 52.0 Å². The predicted molar refractivity (Wildman–Crippen MR) is 132 cm³/mol. The molecule has 1 aromatic rings. The molecule has 0 saturated heterocycles. The molecule has 0 aliphatic heterocycles. The molecule has 0 aliphatic carbocycles. The van der Waals surface area contributed by atoms with Crippen molar-refractivity contribution in [2.24, 2.45) is 11.7 Å². The highest BCUT2D eigenvalue weighted by Gasteiger charge is 2.30. The number of nitrogens with one attached hydrogen (secondary N) is 3. The van der Waals surface area contributed by atoms with Crippen molar-refractivity contribution in [1.82, 2.24) is 16.0 Å². The Kier molecular flexibility index (Phi) is 13.1. The quantitative estimate of drug-likeness (QED) is 0.134. The van der Waals surface area contributed by atoms with Crippen LogP contribution in [0.5, 0.6) is 5.75 Å². The minimum atomic E-state index is -4.72. The number of hydrogen-bond donors (Lipinski definition) is 6. The molecular weight excluding hydrogens is 491 g/mol. The number of nitrogens with two attached hydrogens (primary N) is 1. The van der Waals surface area contributed by atoms with Crippen molar-refractivity contribution in [2.45, 2.75) is 71.4 Å². The lowest BCUT2D eigenvalue weighted by atomic mass is 9.97. The number of phosphoric ester groups is 1. The molecular formula is C23H37N4O8P. The van der Waals surface area contributed by atoms with E-state index in [1.165, 1.54) is 24.3 Å². The molecule has 0 radical (unpaired) electrons. The van der Waals surface area contributed by atoms with Crippen LogP contribution in [0.2, 0.25) is 0 Å². The number of phosphoric acid groups is 1. The summed E-state index contributed by atoms with van der Waals surface area (Å²) in [6.07, 6.45) is 3.30. The summed E-state index contributed by atoms with van der Waals surface area (Å²) >= 11 is 0. The number of hydrogen-bond acceptors (Lipinski definition) is 6. The largest absolute Gasteiger partial charge is 0.524 e. The molecule has 0 heterocycles. The molecule has 7 N–H and O–H groups in total. The summed E-state index contributed by atoms with van der Waals surface area (Å²) < 4.78 is 15.5. The summed E-state index contributed by atoms with van der Waals surface area (Å²) in [6.45, 7) is 5.25. The number of benzene rings is 1. The summed E-state index contributed by atoms with van der Waals surface area (Å²) in [5.41, 5.74) is 5.68. The fraction of sp³-hybridized carbons (Fsp3) is 0.565. The van der Waals surface area contributed by atoms with Crippen LogP contribution >= 0.6 is 7.82 Å². The van der Waals surface area contributed by atoms with E-state index in [1.807, 2.05) is 13.8 Å². The SMILES string of the molecule is CCCCCC(=O)NC(Cc1ccc(OP(=O)(O)O)cc1)C(=O)NC(C(=O)NCC(N)=O)C(C)CC. The van der Waals surface area contributed by atoms with E-state index < -0.39 is 37.6 Å². The smallest absolute Gasteiger partial charge is 0.404 e. The Hall–Kier alpha value is -2.95. The first-order chi connectivity index (χ1) is 16.9. The monoisotopic (exact) mass is 528 g/mol. The van der Waals surface area contributed by atoms with Gasteiger partial charge in [0, 0.05) is 12.8 Å². The van der Waals surface area contributed by atoms with E-state index in [0.29, 0.717) is 18.4 Å². The molecule has 36 heavy (non-hydrogen) atoms. The van der Waals surface area contributed by atoms with Gasteiger partial charge in [-0.15, -0.1) is 0 Å². The third-order valence-electron chi connectivity index (χ3n) is 5.48. The van der Waals surface area contributed by atoms with Gasteiger partial charge in [-0.1, -0.05) is 52.2 Å². The van der Waals surface area contributed by atoms with Gasteiger partial charge < -0.3 is 26.2 Å². The molecule has 3 atom stereocenters. The topological polar surface area (TPSA) is 197 Å². The van der Waals surface area contributed by atoms with Crippen molar-refractivity contribution in [3.05, 3.63) is 29.8 Å². The Labute approximate surface area is 211 Å². The first-order valence-electron chi connectivity index (χ1n) is 11.9. The fourth-order valence-corrected chi connectivity index (χ4v) is 3.71. The first-order valence-corrected chi connectivity index (χ1v) is 13.4. The Morgan fingerprint density at radius 2 is 1.67 bits per heavy atom. The highest BCUT2D eigenvalue weighted by molar-refractivity contribution is 7.46. The van der Waals surface area contributed by atoms with Gasteiger partial charge in [0.2, 0.25) is 23.6 Å². The minimum absolute atomic E-state index is 0.0532. The molecule has 1 rings (SSSR count). The maximum absolute atomic E-state index is 13.2. The molecule has 0 aromatic heterocycles. The summed E-state index contributed by atoms with van der Waals surface area (Å²) in [5, 5.41) is 7.80. The highest BCUT2D eigenvalue weighted by atomic mass is 31.2. The van der Waals surface area contributed by atoms with Crippen molar-refractivity contribution in [2.75, 3.05) is 6.54 Å². The molecule has 3 unspecified atom stereocenters. The Balaban J connectivity index is 3.06. The van der Waals surface area contributed by atoms with Gasteiger partial charge in [0.1, 0.15) is 17.8 Å². The van der Waals surface area contributed by atoms with Gasteiger partial charge in [0.25, 0.3) is 0 Å². The zero-order valence-electron chi connectivity index (χ0n) is 20.9. The van der Waals surface area contributed by atoms with Crippen molar-refractivity contribution < 1.29 is 38.1 Å². The van der Waals surface area contributed by atoms with Crippen LogP contribution < -0.4 is 26.2 Å². The first kappa shape index (κ1) is 31.1. The normalized spacial score (nSPS) is 13.7. The predicted octanol–water partition coefficient (Wildman–Crippen LogP) is 0.898. The molecule has 0 fully saturated rings. The van der Waals surface area contributed by atoms with Crippen LogP contribution in [0, 0.1) is 5.92 Å². The van der Waals surface area contributed by atoms with Crippen molar-refractivity contribution in [1.29, 1.82) is 0 Å². The van der Waals surface area contributed by atoms with Gasteiger partial charge in [-0.05, 0) is 30.0 Å². The molecule has 0 bridgehead atoms. The van der Waals surface area contributed by atoms with Crippen LogP contribution in [0.25, 0.3) is 0 Å². The zero-order valence-corrected chi connectivity index (χ0v) is 21.8. The summed E-state index contributed by atoms with van der Waals surface area (Å²) in [7, 11) is -4.72. The number of primary amides is 1. The number of unbranched alkanes of at least 4 members (excludes halogenated alkanes) is 2. The number of carbonyl (C=O) groups excluding carboxylic acids is 4. The molecule has 4 amide bonds. The lowest BCUT2D eigenvalue weighted by Gasteiger charge is -2.26. The van der Waals surface area contributed by atoms with Gasteiger partial charge in [0.05, 0.1) is 6.54 Å². The second kappa shape index (κ2) is 15.2. The number of amides is 4. The van der Waals surface area contributed by atoms with Crippen molar-refractivity contribution >= 4 is 31.5 Å². The summed E-state index contributed by atoms with van der Waals surface area (Å²) in [4.78, 5) is 67.3. The molecule has 12 nitrogen and oxygen atoms in total. The van der Waals surface area contributed by atoms with E-state index in [4.69, 9.17) is 15.5 Å². The second-order valence-corrected chi connectivity index (χ2v) is 9.73. The average molecular weight is 529 g/mol. The number of rotatable bonds is 16. The molecule has 0 spiro atoms.